The van der Waals surface area contributed by atoms with Crippen molar-refractivity contribution in [2.24, 2.45) is 0 Å². The van der Waals surface area contributed by atoms with Crippen LogP contribution in [-0.2, 0) is 4.74 Å². The van der Waals surface area contributed by atoms with E-state index in [1.807, 2.05) is 23.7 Å². The molecule has 2 aromatic rings. The third kappa shape index (κ3) is 3.27. The van der Waals surface area contributed by atoms with Gasteiger partial charge in [-0.15, -0.1) is 11.3 Å². The zero-order valence-corrected chi connectivity index (χ0v) is 9.30. The van der Waals surface area contributed by atoms with Gasteiger partial charge in [0.15, 0.2) is 0 Å². The summed E-state index contributed by atoms with van der Waals surface area (Å²) in [6.45, 7) is 3.83. The molecule has 2 heterocycles. The Bertz CT molecular complexity index is 356. The topological polar surface area (TPSA) is 34.1 Å². The zero-order valence-electron chi connectivity index (χ0n) is 8.48. The van der Waals surface area contributed by atoms with Crippen LogP contribution in [0, 0.1) is 0 Å². The third-order valence-electron chi connectivity index (χ3n) is 2.08. The van der Waals surface area contributed by atoms with E-state index in [0.29, 0.717) is 0 Å². The van der Waals surface area contributed by atoms with E-state index in [1.54, 1.807) is 11.3 Å². The molecule has 0 bridgehead atoms. The molecule has 0 aliphatic carbocycles. The molecule has 1 aliphatic rings. The highest BCUT2D eigenvalue weighted by atomic mass is 32.1. The van der Waals surface area contributed by atoms with Crippen molar-refractivity contribution >= 4 is 21.6 Å². The molecule has 1 aromatic carbocycles. The predicted molar refractivity (Wildman–Crippen MR) is 63.3 cm³/mol. The van der Waals surface area contributed by atoms with E-state index in [9.17, 15) is 0 Å². The van der Waals surface area contributed by atoms with Crippen LogP contribution in [0.2, 0.25) is 0 Å². The fourth-order valence-corrected chi connectivity index (χ4v) is 2.00. The van der Waals surface area contributed by atoms with E-state index in [4.69, 9.17) is 4.74 Å². The number of hydrogen-bond donors (Lipinski definition) is 1. The summed E-state index contributed by atoms with van der Waals surface area (Å²) in [4.78, 5) is 4.14. The minimum Gasteiger partial charge on any atom is -0.379 e. The normalized spacial score (nSPS) is 15.7. The standard InChI is InChI=1S/C7H5NS.C4H9NO/c1-2-4-7-6(3-1)8-5-9-7;1-3-6-4-2-5-1/h1-5H;5H,1-4H2. The number of para-hydroxylation sites is 1. The Morgan fingerprint density at radius 1 is 1.20 bits per heavy atom. The van der Waals surface area contributed by atoms with Crippen LogP contribution in [0.5, 0.6) is 0 Å². The van der Waals surface area contributed by atoms with Gasteiger partial charge in [0.1, 0.15) is 0 Å². The molecule has 1 saturated heterocycles. The van der Waals surface area contributed by atoms with Crippen molar-refractivity contribution in [2.45, 2.75) is 0 Å². The summed E-state index contributed by atoms with van der Waals surface area (Å²) >= 11 is 1.68. The summed E-state index contributed by atoms with van der Waals surface area (Å²) in [5.41, 5.74) is 2.97. The largest absolute Gasteiger partial charge is 0.379 e. The number of aromatic nitrogens is 1. The van der Waals surface area contributed by atoms with Crippen LogP contribution >= 0.6 is 11.3 Å². The second-order valence-electron chi connectivity index (χ2n) is 3.18. The van der Waals surface area contributed by atoms with Crippen LogP contribution in [0.3, 0.4) is 0 Å². The fraction of sp³-hybridized carbons (Fsp3) is 0.364. The molecule has 1 aliphatic heterocycles. The number of ether oxygens (including phenoxy) is 1. The van der Waals surface area contributed by atoms with Crippen molar-refractivity contribution in [3.63, 3.8) is 0 Å². The summed E-state index contributed by atoms with van der Waals surface area (Å²) in [6.07, 6.45) is 0. The molecule has 0 amide bonds. The summed E-state index contributed by atoms with van der Waals surface area (Å²) < 4.78 is 6.27. The maximum Gasteiger partial charge on any atom is 0.0812 e. The van der Waals surface area contributed by atoms with Gasteiger partial charge in [-0.2, -0.15) is 0 Å². The van der Waals surface area contributed by atoms with Gasteiger partial charge in [-0.25, -0.2) is 4.98 Å². The molecule has 3 nitrogen and oxygen atoms in total. The maximum atomic E-state index is 5.01. The van der Waals surface area contributed by atoms with Gasteiger partial charge in [0.2, 0.25) is 0 Å². The average molecular weight is 222 g/mol. The first-order chi connectivity index (χ1) is 7.47. The fourth-order valence-electron chi connectivity index (χ4n) is 1.32. The van der Waals surface area contributed by atoms with Gasteiger partial charge in [-0.05, 0) is 12.1 Å². The minimum absolute atomic E-state index is 0.889. The molecular weight excluding hydrogens is 208 g/mol. The number of benzene rings is 1. The Morgan fingerprint density at radius 2 is 2.00 bits per heavy atom. The van der Waals surface area contributed by atoms with Crippen LogP contribution in [0.25, 0.3) is 10.2 Å². The lowest BCUT2D eigenvalue weighted by Gasteiger charge is -2.10. The third-order valence-corrected chi connectivity index (χ3v) is 2.89. The molecule has 1 aromatic heterocycles. The average Bonchev–Trinajstić information content (AvgIpc) is 2.80. The second-order valence-corrected chi connectivity index (χ2v) is 4.07. The molecule has 0 spiro atoms. The Balaban J connectivity index is 0.000000124. The highest BCUT2D eigenvalue weighted by molar-refractivity contribution is 7.16. The molecule has 0 atom stereocenters. The molecule has 1 N–H and O–H groups in total. The smallest absolute Gasteiger partial charge is 0.0812 e. The predicted octanol–water partition coefficient (Wildman–Crippen LogP) is 1.90. The lowest BCUT2D eigenvalue weighted by molar-refractivity contribution is 0.109. The molecule has 1 fully saturated rings. The second kappa shape index (κ2) is 5.80. The quantitative estimate of drug-likeness (QED) is 0.739. The number of rotatable bonds is 0. The van der Waals surface area contributed by atoms with E-state index in [2.05, 4.69) is 16.4 Å². The molecule has 0 radical (unpaired) electrons. The summed E-state index contributed by atoms with van der Waals surface area (Å²) in [5.74, 6) is 0. The Hall–Kier alpha value is -0.970. The first-order valence-corrected chi connectivity index (χ1v) is 5.91. The van der Waals surface area contributed by atoms with Gasteiger partial charge in [-0.3, -0.25) is 0 Å². The van der Waals surface area contributed by atoms with E-state index in [1.165, 1.54) is 4.70 Å². The maximum absolute atomic E-state index is 5.01. The van der Waals surface area contributed by atoms with Gasteiger partial charge >= 0.3 is 0 Å². The Kier molecular flexibility index (Phi) is 4.08. The first-order valence-electron chi connectivity index (χ1n) is 5.03. The van der Waals surface area contributed by atoms with Crippen LogP contribution in [0.1, 0.15) is 0 Å². The highest BCUT2D eigenvalue weighted by Gasteiger charge is 1.93. The van der Waals surface area contributed by atoms with Crippen LogP contribution in [-0.4, -0.2) is 31.3 Å². The van der Waals surface area contributed by atoms with Crippen molar-refractivity contribution < 1.29 is 4.74 Å². The SMILES string of the molecule is C1COCCN1.c1ccc2scnc2c1. The number of morpholine rings is 1. The lowest BCUT2D eigenvalue weighted by atomic mass is 10.3. The van der Waals surface area contributed by atoms with E-state index in [0.717, 1.165) is 31.8 Å². The molecule has 15 heavy (non-hydrogen) atoms. The lowest BCUT2D eigenvalue weighted by Crippen LogP contribution is -2.30. The first kappa shape index (κ1) is 10.5. The van der Waals surface area contributed by atoms with Crippen LogP contribution < -0.4 is 5.32 Å². The van der Waals surface area contributed by atoms with E-state index in [-0.39, 0.29) is 0 Å². The van der Waals surface area contributed by atoms with Crippen LogP contribution in [0.4, 0.5) is 0 Å². The molecular formula is C11H14N2OS. The van der Waals surface area contributed by atoms with Crippen LogP contribution in [0.15, 0.2) is 29.8 Å². The molecule has 0 saturated carbocycles. The zero-order chi connectivity index (χ0) is 10.3. The number of thiazole rings is 1. The van der Waals surface area contributed by atoms with Crippen molar-refractivity contribution in [2.75, 3.05) is 26.3 Å². The minimum atomic E-state index is 0.889. The summed E-state index contributed by atoms with van der Waals surface area (Å²) in [6, 6.07) is 8.13. The Labute approximate surface area is 93.1 Å². The van der Waals surface area contributed by atoms with Gasteiger partial charge in [0.25, 0.3) is 0 Å². The number of nitrogens with one attached hydrogen (secondary N) is 1. The van der Waals surface area contributed by atoms with Crippen molar-refractivity contribution in [1.29, 1.82) is 0 Å². The van der Waals surface area contributed by atoms with Crippen molar-refractivity contribution in [3.8, 4) is 0 Å². The molecule has 80 valence electrons. The molecule has 4 heteroatoms. The number of nitrogens with zero attached hydrogens (tertiary/aromatic N) is 1. The molecule has 3 rings (SSSR count). The summed E-state index contributed by atoms with van der Waals surface area (Å²) in [7, 11) is 0. The summed E-state index contributed by atoms with van der Waals surface area (Å²) in [5, 5.41) is 3.16. The number of hydrogen-bond acceptors (Lipinski definition) is 4. The molecule has 0 unspecified atom stereocenters. The number of fused-ring (bicyclic) bond motifs is 1. The van der Waals surface area contributed by atoms with E-state index >= 15 is 0 Å². The van der Waals surface area contributed by atoms with Gasteiger partial charge < -0.3 is 10.1 Å². The highest BCUT2D eigenvalue weighted by Crippen LogP contribution is 2.15. The van der Waals surface area contributed by atoms with E-state index < -0.39 is 0 Å². The van der Waals surface area contributed by atoms with Gasteiger partial charge in [0.05, 0.1) is 28.9 Å². The Morgan fingerprint density at radius 3 is 2.60 bits per heavy atom. The van der Waals surface area contributed by atoms with Gasteiger partial charge in [0, 0.05) is 13.1 Å². The van der Waals surface area contributed by atoms with Crippen molar-refractivity contribution in [3.05, 3.63) is 29.8 Å². The van der Waals surface area contributed by atoms with Crippen molar-refractivity contribution in [1.82, 2.24) is 10.3 Å². The van der Waals surface area contributed by atoms with Gasteiger partial charge in [-0.1, -0.05) is 12.1 Å². The monoisotopic (exact) mass is 222 g/mol.